The van der Waals surface area contributed by atoms with Gasteiger partial charge in [0.25, 0.3) is 0 Å². The Balaban J connectivity index is 1.82. The summed E-state index contributed by atoms with van der Waals surface area (Å²) >= 11 is 0. The lowest BCUT2D eigenvalue weighted by Gasteiger charge is -2.21. The van der Waals surface area contributed by atoms with Gasteiger partial charge < -0.3 is 4.90 Å². The molecule has 0 atom stereocenters. The summed E-state index contributed by atoms with van der Waals surface area (Å²) in [5, 5.41) is 0.440. The molecule has 10 heteroatoms. The van der Waals surface area contributed by atoms with E-state index in [9.17, 15) is 26.3 Å². The maximum atomic E-state index is 13.7. The Morgan fingerprint density at radius 1 is 0.707 bits per heavy atom. The Bertz CT molecular complexity index is 1460. The topological polar surface area (TPSA) is 41.9 Å². The van der Waals surface area contributed by atoms with E-state index >= 15 is 0 Å². The number of pyridine rings is 1. The molecule has 0 bridgehead atoms. The molecule has 4 rings (SSSR count). The van der Waals surface area contributed by atoms with Crippen LogP contribution < -0.4 is 0 Å². The van der Waals surface area contributed by atoms with Crippen LogP contribution >= 0.6 is 0 Å². The number of rotatable bonds is 11. The summed E-state index contributed by atoms with van der Waals surface area (Å²) in [6.45, 7) is 6.72. The van der Waals surface area contributed by atoms with Crippen molar-refractivity contribution in [2.75, 3.05) is 19.6 Å². The second-order valence-electron chi connectivity index (χ2n) is 10.00. The number of fused-ring (bicyclic) bond motifs is 1. The standard InChI is InChI=1S/C31H32F6N4/c1-3-5-16-41(17-6-4-2)18-14-27-39-26-20-22(29-25(31(35,36)37)11-8-15-38-29)12-13-24(26)28(40-27)21-9-7-10-23(19-21)30(32,33)34/h7-13,15,19-20H,3-6,14,16-18H2,1-2H3. The fraction of sp³-hybridized carbons (Fsp3) is 0.387. The SMILES string of the molecule is CCCCN(CCCC)CCc1nc(-c2cccc(C(F)(F)F)c2)c2ccc(-c3ncccc3C(F)(F)F)cc2n1. The maximum absolute atomic E-state index is 13.7. The van der Waals surface area contributed by atoms with Crippen LogP contribution in [0.15, 0.2) is 60.8 Å². The van der Waals surface area contributed by atoms with Crippen molar-refractivity contribution < 1.29 is 26.3 Å². The first-order chi connectivity index (χ1) is 19.5. The van der Waals surface area contributed by atoms with E-state index in [1.54, 1.807) is 12.1 Å². The third kappa shape index (κ3) is 7.61. The molecule has 0 radical (unpaired) electrons. The summed E-state index contributed by atoms with van der Waals surface area (Å²) in [5.74, 6) is 0.414. The Kier molecular flexibility index (Phi) is 9.63. The van der Waals surface area contributed by atoms with Gasteiger partial charge >= 0.3 is 12.4 Å². The van der Waals surface area contributed by atoms with Crippen LogP contribution in [0.2, 0.25) is 0 Å². The third-order valence-corrected chi connectivity index (χ3v) is 6.90. The molecule has 0 aliphatic carbocycles. The zero-order valence-electron chi connectivity index (χ0n) is 23.0. The van der Waals surface area contributed by atoms with E-state index in [0.29, 0.717) is 35.4 Å². The summed E-state index contributed by atoms with van der Waals surface area (Å²) in [4.78, 5) is 15.7. The van der Waals surface area contributed by atoms with Crippen LogP contribution in [-0.4, -0.2) is 39.5 Å². The van der Waals surface area contributed by atoms with Gasteiger partial charge in [0.1, 0.15) is 5.82 Å². The lowest BCUT2D eigenvalue weighted by Crippen LogP contribution is -2.28. The van der Waals surface area contributed by atoms with E-state index in [0.717, 1.165) is 57.0 Å². The van der Waals surface area contributed by atoms with Gasteiger partial charge in [-0.25, -0.2) is 9.97 Å². The minimum atomic E-state index is -4.61. The van der Waals surface area contributed by atoms with E-state index < -0.39 is 23.5 Å². The van der Waals surface area contributed by atoms with Crippen molar-refractivity contribution in [3.63, 3.8) is 0 Å². The molecule has 0 unspecified atom stereocenters. The van der Waals surface area contributed by atoms with Gasteiger partial charge in [0, 0.05) is 35.7 Å². The van der Waals surface area contributed by atoms with E-state index in [1.165, 1.54) is 30.5 Å². The average Bonchev–Trinajstić information content (AvgIpc) is 2.95. The smallest absolute Gasteiger partial charge is 0.303 e. The van der Waals surface area contributed by atoms with E-state index in [-0.39, 0.29) is 16.8 Å². The highest BCUT2D eigenvalue weighted by molar-refractivity contribution is 5.94. The van der Waals surface area contributed by atoms with Gasteiger partial charge in [-0.3, -0.25) is 4.98 Å². The van der Waals surface area contributed by atoms with Crippen molar-refractivity contribution in [3.8, 4) is 22.5 Å². The largest absolute Gasteiger partial charge is 0.418 e. The molecule has 2 heterocycles. The molecule has 41 heavy (non-hydrogen) atoms. The summed E-state index contributed by atoms with van der Waals surface area (Å²) in [6.07, 6.45) is -3.26. The van der Waals surface area contributed by atoms with Crippen LogP contribution in [0, 0.1) is 0 Å². The molecule has 0 fully saturated rings. The summed E-state index contributed by atoms with van der Waals surface area (Å²) < 4.78 is 81.8. The Labute approximate surface area is 235 Å². The molecule has 0 aliphatic rings. The Morgan fingerprint density at radius 3 is 2.07 bits per heavy atom. The van der Waals surface area contributed by atoms with Gasteiger partial charge in [-0.15, -0.1) is 0 Å². The number of alkyl halides is 6. The number of hydrogen-bond donors (Lipinski definition) is 0. The summed E-state index contributed by atoms with van der Waals surface area (Å²) in [5.41, 5.74) is -0.835. The molecule has 0 saturated heterocycles. The maximum Gasteiger partial charge on any atom is 0.418 e. The molecular weight excluding hydrogens is 542 g/mol. The molecule has 0 N–H and O–H groups in total. The lowest BCUT2D eigenvalue weighted by molar-refractivity contribution is -0.138. The second-order valence-corrected chi connectivity index (χ2v) is 10.00. The van der Waals surface area contributed by atoms with Gasteiger partial charge in [0.05, 0.1) is 28.0 Å². The first-order valence-electron chi connectivity index (χ1n) is 13.7. The molecule has 4 nitrogen and oxygen atoms in total. The minimum absolute atomic E-state index is 0.206. The van der Waals surface area contributed by atoms with Crippen LogP contribution in [0.1, 0.15) is 56.5 Å². The first-order valence-corrected chi connectivity index (χ1v) is 13.7. The van der Waals surface area contributed by atoms with Crippen LogP contribution in [0.3, 0.4) is 0 Å². The number of benzene rings is 2. The molecule has 0 aliphatic heterocycles. The number of halogens is 6. The first kappa shape index (κ1) is 30.4. The normalized spacial score (nSPS) is 12.4. The zero-order valence-corrected chi connectivity index (χ0v) is 23.0. The third-order valence-electron chi connectivity index (χ3n) is 6.90. The minimum Gasteiger partial charge on any atom is -0.303 e. The monoisotopic (exact) mass is 574 g/mol. The fourth-order valence-corrected chi connectivity index (χ4v) is 4.72. The molecule has 218 valence electrons. The van der Waals surface area contributed by atoms with E-state index in [2.05, 4.69) is 33.7 Å². The van der Waals surface area contributed by atoms with Gasteiger partial charge in [0.15, 0.2) is 0 Å². The van der Waals surface area contributed by atoms with Gasteiger partial charge in [-0.05, 0) is 62.3 Å². The highest BCUT2D eigenvalue weighted by atomic mass is 19.4. The van der Waals surface area contributed by atoms with E-state index in [4.69, 9.17) is 0 Å². The number of hydrogen-bond acceptors (Lipinski definition) is 4. The van der Waals surface area contributed by atoms with Crippen LogP contribution in [0.4, 0.5) is 26.3 Å². The molecule has 0 spiro atoms. The highest BCUT2D eigenvalue weighted by Gasteiger charge is 2.34. The molecule has 4 aromatic rings. The second kappa shape index (κ2) is 13.0. The molecular formula is C31H32F6N4. The van der Waals surface area contributed by atoms with Crippen molar-refractivity contribution in [2.24, 2.45) is 0 Å². The van der Waals surface area contributed by atoms with Crippen LogP contribution in [-0.2, 0) is 18.8 Å². The van der Waals surface area contributed by atoms with Gasteiger partial charge in [-0.1, -0.05) is 44.9 Å². The zero-order chi connectivity index (χ0) is 29.6. The lowest BCUT2D eigenvalue weighted by atomic mass is 10.00. The molecule has 0 saturated carbocycles. The van der Waals surface area contributed by atoms with Crippen molar-refractivity contribution in [2.45, 2.75) is 58.3 Å². The Morgan fingerprint density at radius 2 is 1.41 bits per heavy atom. The number of aromatic nitrogens is 3. The predicted octanol–water partition coefficient (Wildman–Crippen LogP) is 8.84. The number of nitrogens with zero attached hydrogens (tertiary/aromatic N) is 4. The van der Waals surface area contributed by atoms with Crippen molar-refractivity contribution in [3.05, 3.63) is 77.7 Å². The summed E-state index contributed by atoms with van der Waals surface area (Å²) in [6, 6.07) is 11.6. The predicted molar refractivity (Wildman–Crippen MR) is 148 cm³/mol. The van der Waals surface area contributed by atoms with E-state index in [1.807, 2.05) is 0 Å². The van der Waals surface area contributed by atoms with Crippen LogP contribution in [0.25, 0.3) is 33.4 Å². The van der Waals surface area contributed by atoms with Gasteiger partial charge in [-0.2, -0.15) is 26.3 Å². The molecule has 0 amide bonds. The van der Waals surface area contributed by atoms with Gasteiger partial charge in [0.2, 0.25) is 0 Å². The summed E-state index contributed by atoms with van der Waals surface area (Å²) in [7, 11) is 0. The molecule has 2 aromatic carbocycles. The van der Waals surface area contributed by atoms with Crippen LogP contribution in [0.5, 0.6) is 0 Å². The van der Waals surface area contributed by atoms with Crippen molar-refractivity contribution in [1.29, 1.82) is 0 Å². The highest BCUT2D eigenvalue weighted by Crippen LogP contribution is 2.38. The van der Waals surface area contributed by atoms with Crippen molar-refractivity contribution >= 4 is 10.9 Å². The Hall–Kier alpha value is -3.53. The van der Waals surface area contributed by atoms with Crippen molar-refractivity contribution in [1.82, 2.24) is 19.9 Å². The fourth-order valence-electron chi connectivity index (χ4n) is 4.72. The number of unbranched alkanes of at least 4 members (excludes halogenated alkanes) is 2. The quantitative estimate of drug-likeness (QED) is 0.168. The average molecular weight is 575 g/mol. The molecule has 2 aromatic heterocycles.